The smallest absolute Gasteiger partial charge is 0.0546 e. The van der Waals surface area contributed by atoms with Gasteiger partial charge in [-0.15, -0.1) is 11.3 Å². The summed E-state index contributed by atoms with van der Waals surface area (Å²) in [5, 5.41) is 7.61. The Morgan fingerprint density at radius 2 is 0.851 bits per heavy atom. The number of fused-ring (bicyclic) bond motifs is 7. The number of aromatic nitrogens is 1. The third kappa shape index (κ3) is 6.79. The summed E-state index contributed by atoms with van der Waals surface area (Å²) in [5.74, 6) is 0. The van der Waals surface area contributed by atoms with Crippen molar-refractivity contribution in [3.8, 4) is 50.2 Å². The molecule has 13 aromatic rings. The van der Waals surface area contributed by atoms with Crippen molar-refractivity contribution in [2.45, 2.75) is 0 Å². The summed E-state index contributed by atoms with van der Waals surface area (Å²) in [6.07, 6.45) is 0. The monoisotopic (exact) mass is 870 g/mol. The minimum atomic E-state index is 1.08. The Kier molecular flexibility index (Phi) is 9.40. The van der Waals surface area contributed by atoms with E-state index in [4.69, 9.17) is 0 Å². The van der Waals surface area contributed by atoms with Crippen LogP contribution in [-0.4, -0.2) is 4.57 Å². The van der Waals surface area contributed by atoms with Crippen LogP contribution in [0.2, 0.25) is 0 Å². The Hall–Kier alpha value is -8.50. The molecule has 13 rings (SSSR count). The minimum Gasteiger partial charge on any atom is -0.310 e. The van der Waals surface area contributed by atoms with Gasteiger partial charge in [0.25, 0.3) is 0 Å². The predicted octanol–water partition coefficient (Wildman–Crippen LogP) is 18.4. The molecule has 0 aliphatic carbocycles. The second-order valence-corrected chi connectivity index (χ2v) is 18.3. The molecule has 11 aromatic carbocycles. The standard InChI is InChI=1S/C64H42N2S/c1-2-15-45(16-3-1)54-39-34-50(49-29-28-43-14-4-5-17-47(43)40-49)42-62(54)65(52-37-32-46(33-38-52)55-23-13-24-59-58-22-8-11-27-63(58)67-64(55)59)51-35-30-44(31-36-51)48-18-12-19-53(41-48)66-60-25-9-6-20-56(60)57-21-7-10-26-61(57)66/h1-42H. The zero-order valence-electron chi connectivity index (χ0n) is 36.6. The Balaban J connectivity index is 0.958. The van der Waals surface area contributed by atoms with E-state index in [2.05, 4.69) is 264 Å². The van der Waals surface area contributed by atoms with Gasteiger partial charge in [0, 0.05) is 53.6 Å². The van der Waals surface area contributed by atoms with Crippen molar-refractivity contribution in [2.75, 3.05) is 4.90 Å². The van der Waals surface area contributed by atoms with E-state index in [9.17, 15) is 0 Å². The van der Waals surface area contributed by atoms with Crippen LogP contribution in [0.1, 0.15) is 0 Å². The predicted molar refractivity (Wildman–Crippen MR) is 288 cm³/mol. The molecule has 3 heteroatoms. The minimum absolute atomic E-state index is 1.08. The lowest BCUT2D eigenvalue weighted by atomic mass is 9.95. The van der Waals surface area contributed by atoms with Crippen LogP contribution in [0, 0.1) is 0 Å². The topological polar surface area (TPSA) is 8.17 Å². The molecule has 0 saturated heterocycles. The molecule has 0 fully saturated rings. The normalized spacial score (nSPS) is 11.6. The Morgan fingerprint density at radius 1 is 0.313 bits per heavy atom. The molecule has 0 radical (unpaired) electrons. The average molecular weight is 871 g/mol. The highest BCUT2D eigenvalue weighted by Gasteiger charge is 2.20. The maximum atomic E-state index is 2.44. The molecule has 0 aliphatic heterocycles. The second kappa shape index (κ2) is 16.2. The number of para-hydroxylation sites is 2. The Labute approximate surface area is 393 Å². The lowest BCUT2D eigenvalue weighted by Crippen LogP contribution is -2.11. The molecule has 2 heterocycles. The summed E-state index contributed by atoms with van der Waals surface area (Å²) in [6.45, 7) is 0. The van der Waals surface area contributed by atoms with Crippen molar-refractivity contribution in [1.82, 2.24) is 4.57 Å². The van der Waals surface area contributed by atoms with Gasteiger partial charge in [-0.2, -0.15) is 0 Å². The first-order valence-electron chi connectivity index (χ1n) is 22.9. The quantitative estimate of drug-likeness (QED) is 0.148. The van der Waals surface area contributed by atoms with Crippen LogP contribution in [0.3, 0.4) is 0 Å². The molecule has 314 valence electrons. The third-order valence-electron chi connectivity index (χ3n) is 13.4. The van der Waals surface area contributed by atoms with Gasteiger partial charge in [0.1, 0.15) is 0 Å². The summed E-state index contributed by atoms with van der Waals surface area (Å²) in [6, 6.07) is 93.3. The highest BCUT2D eigenvalue weighted by Crippen LogP contribution is 2.46. The van der Waals surface area contributed by atoms with Gasteiger partial charge in [-0.3, -0.25) is 0 Å². The van der Waals surface area contributed by atoms with Crippen molar-refractivity contribution < 1.29 is 0 Å². The molecule has 0 spiro atoms. The van der Waals surface area contributed by atoms with Gasteiger partial charge in [-0.05, 0) is 116 Å². The first-order valence-corrected chi connectivity index (χ1v) is 23.7. The number of nitrogens with zero attached hydrogens (tertiary/aromatic N) is 2. The molecular weight excluding hydrogens is 829 g/mol. The van der Waals surface area contributed by atoms with E-state index in [1.807, 2.05) is 11.3 Å². The SMILES string of the molecule is c1ccc(-c2ccc(-c3ccc4ccccc4c3)cc2N(c2ccc(-c3cccc(-n4c5ccccc5c5ccccc54)c3)cc2)c2ccc(-c3cccc4c3sc3ccccc34)cc2)cc1. The van der Waals surface area contributed by atoms with Crippen molar-refractivity contribution in [3.05, 3.63) is 255 Å². The number of hydrogen-bond donors (Lipinski definition) is 0. The van der Waals surface area contributed by atoms with Gasteiger partial charge in [-0.25, -0.2) is 0 Å². The second-order valence-electron chi connectivity index (χ2n) is 17.3. The zero-order chi connectivity index (χ0) is 44.3. The van der Waals surface area contributed by atoms with Gasteiger partial charge < -0.3 is 9.47 Å². The van der Waals surface area contributed by atoms with E-state index in [1.54, 1.807) is 0 Å². The number of benzene rings is 11. The maximum Gasteiger partial charge on any atom is 0.0546 e. The first kappa shape index (κ1) is 38.9. The fraction of sp³-hybridized carbons (Fsp3) is 0. The van der Waals surface area contributed by atoms with E-state index < -0.39 is 0 Å². The van der Waals surface area contributed by atoms with Crippen LogP contribution < -0.4 is 4.90 Å². The number of anilines is 3. The van der Waals surface area contributed by atoms with Gasteiger partial charge in [-0.1, -0.05) is 188 Å². The van der Waals surface area contributed by atoms with Crippen LogP contribution >= 0.6 is 11.3 Å². The molecule has 2 nitrogen and oxygen atoms in total. The summed E-state index contributed by atoms with van der Waals surface area (Å²) < 4.78 is 5.03. The van der Waals surface area contributed by atoms with Crippen molar-refractivity contribution in [1.29, 1.82) is 0 Å². The number of thiophene rings is 1. The molecule has 0 amide bonds. The Bertz CT molecular complexity index is 3920. The highest BCUT2D eigenvalue weighted by atomic mass is 32.1. The zero-order valence-corrected chi connectivity index (χ0v) is 37.4. The fourth-order valence-electron chi connectivity index (χ4n) is 10.1. The molecule has 0 aliphatic rings. The molecular formula is C64H42N2S. The van der Waals surface area contributed by atoms with Gasteiger partial charge in [0.2, 0.25) is 0 Å². The summed E-state index contributed by atoms with van der Waals surface area (Å²) in [7, 11) is 0. The summed E-state index contributed by atoms with van der Waals surface area (Å²) in [5.41, 5.74) is 16.3. The first-order chi connectivity index (χ1) is 33.2. The molecule has 0 N–H and O–H groups in total. The van der Waals surface area contributed by atoms with E-state index in [-0.39, 0.29) is 0 Å². The number of rotatable bonds is 8. The highest BCUT2D eigenvalue weighted by molar-refractivity contribution is 7.26. The van der Waals surface area contributed by atoms with Crippen LogP contribution in [0.4, 0.5) is 17.1 Å². The third-order valence-corrected chi connectivity index (χ3v) is 14.6. The molecule has 0 saturated carbocycles. The van der Waals surface area contributed by atoms with Crippen LogP contribution in [0.5, 0.6) is 0 Å². The Morgan fingerprint density at radius 3 is 1.61 bits per heavy atom. The largest absolute Gasteiger partial charge is 0.310 e. The maximum absolute atomic E-state index is 2.44. The van der Waals surface area contributed by atoms with Crippen LogP contribution in [-0.2, 0) is 0 Å². The molecule has 0 atom stereocenters. The number of hydrogen-bond acceptors (Lipinski definition) is 2. The van der Waals surface area contributed by atoms with Crippen LogP contribution in [0.15, 0.2) is 255 Å². The average Bonchev–Trinajstić information content (AvgIpc) is 3.96. The van der Waals surface area contributed by atoms with Crippen molar-refractivity contribution in [3.63, 3.8) is 0 Å². The van der Waals surface area contributed by atoms with E-state index >= 15 is 0 Å². The van der Waals surface area contributed by atoms with Crippen molar-refractivity contribution in [2.24, 2.45) is 0 Å². The fourth-order valence-corrected chi connectivity index (χ4v) is 11.4. The molecule has 0 bridgehead atoms. The van der Waals surface area contributed by atoms with Crippen LogP contribution in [0.25, 0.3) is 103 Å². The molecule has 67 heavy (non-hydrogen) atoms. The molecule has 0 unspecified atom stereocenters. The summed E-state index contributed by atoms with van der Waals surface area (Å²) >= 11 is 1.88. The lowest BCUT2D eigenvalue weighted by Gasteiger charge is -2.29. The van der Waals surface area contributed by atoms with Gasteiger partial charge in [0.15, 0.2) is 0 Å². The van der Waals surface area contributed by atoms with E-state index in [1.165, 1.54) is 80.6 Å². The summed E-state index contributed by atoms with van der Waals surface area (Å²) in [4.78, 5) is 2.44. The molecule has 2 aromatic heterocycles. The van der Waals surface area contributed by atoms with E-state index in [0.717, 1.165) is 39.4 Å². The van der Waals surface area contributed by atoms with Crippen molar-refractivity contribution >= 4 is 81.1 Å². The lowest BCUT2D eigenvalue weighted by molar-refractivity contribution is 1.18. The van der Waals surface area contributed by atoms with Gasteiger partial charge in [0.05, 0.1) is 16.7 Å². The van der Waals surface area contributed by atoms with E-state index in [0.29, 0.717) is 0 Å². The van der Waals surface area contributed by atoms with Gasteiger partial charge >= 0.3 is 0 Å².